The summed E-state index contributed by atoms with van der Waals surface area (Å²) in [6, 6.07) is 0. The molecule has 0 aromatic carbocycles. The molecule has 0 amide bonds. The van der Waals surface area contributed by atoms with E-state index in [1.807, 2.05) is 0 Å². The van der Waals surface area contributed by atoms with E-state index in [1.54, 1.807) is 13.8 Å². The monoisotopic (exact) mass is 174 g/mol. The third-order valence-electron chi connectivity index (χ3n) is 0.605. The maximum atomic E-state index is 5.52. The van der Waals surface area contributed by atoms with Crippen molar-refractivity contribution in [1.29, 1.82) is 0 Å². The van der Waals surface area contributed by atoms with Gasteiger partial charge in [0.2, 0.25) is 0 Å². The van der Waals surface area contributed by atoms with Gasteiger partial charge >= 0.3 is 0 Å². The van der Waals surface area contributed by atoms with Gasteiger partial charge < -0.3 is 0 Å². The summed E-state index contributed by atoms with van der Waals surface area (Å²) in [4.78, 5) is 0. The quantitative estimate of drug-likeness (QED) is 0.391. The van der Waals surface area contributed by atoms with Crippen molar-refractivity contribution in [1.82, 2.24) is 0 Å². The van der Waals surface area contributed by atoms with E-state index in [0.29, 0.717) is 0 Å². The van der Waals surface area contributed by atoms with Crippen LogP contribution in [0.2, 0.25) is 0 Å². The zero-order valence-electron chi connectivity index (χ0n) is 5.91. The van der Waals surface area contributed by atoms with Crippen molar-refractivity contribution >= 4 is 23.2 Å². The van der Waals surface area contributed by atoms with Gasteiger partial charge in [0.25, 0.3) is 0 Å². The molecule has 2 heteroatoms. The minimum Gasteiger partial charge on any atom is -0.109 e. The lowest BCUT2D eigenvalue weighted by molar-refractivity contribution is 1.28. The number of alkyl halides is 2. The summed E-state index contributed by atoms with van der Waals surface area (Å²) in [5, 5.41) is -0.278. The van der Waals surface area contributed by atoms with Crippen molar-refractivity contribution in [2.75, 3.05) is 0 Å². The fourth-order valence-electron chi connectivity index (χ4n) is 0.271. The van der Waals surface area contributed by atoms with Crippen LogP contribution in [-0.4, -0.2) is 10.8 Å². The first kappa shape index (κ1) is 9.70. The van der Waals surface area contributed by atoms with Crippen LogP contribution in [0.15, 0.2) is 0 Å². The molecule has 0 nitrogen and oxygen atoms in total. The van der Waals surface area contributed by atoms with Gasteiger partial charge in [-0.2, -0.15) is 0 Å². The van der Waals surface area contributed by atoms with Gasteiger partial charge in [-0.05, 0) is 25.7 Å². The summed E-state index contributed by atoms with van der Waals surface area (Å²) in [5.41, 5.74) is 0. The van der Waals surface area contributed by atoms with E-state index in [2.05, 4.69) is 23.7 Å². The molecule has 10 heavy (non-hydrogen) atoms. The minimum absolute atomic E-state index is 0.139. The van der Waals surface area contributed by atoms with Crippen LogP contribution in [0, 0.1) is 23.7 Å². The summed E-state index contributed by atoms with van der Waals surface area (Å²) >= 11 is 11.0. The standard InChI is InChI=1S/C8H8Cl2/c1-7(9)5-3-4-6-8(2)10/h7-8H,1-2H3. The van der Waals surface area contributed by atoms with Crippen LogP contribution in [0.25, 0.3) is 0 Å². The predicted molar refractivity (Wildman–Crippen MR) is 46.2 cm³/mol. The Bertz CT molecular complexity index is 171. The Hall–Kier alpha value is -0.300. The van der Waals surface area contributed by atoms with Crippen LogP contribution in [0.3, 0.4) is 0 Å². The highest BCUT2D eigenvalue weighted by Crippen LogP contribution is 1.89. The number of halogens is 2. The molecule has 2 atom stereocenters. The Morgan fingerprint density at radius 1 is 0.900 bits per heavy atom. The van der Waals surface area contributed by atoms with Gasteiger partial charge in [0.15, 0.2) is 0 Å². The topological polar surface area (TPSA) is 0 Å². The van der Waals surface area contributed by atoms with Gasteiger partial charge in [-0.3, -0.25) is 0 Å². The van der Waals surface area contributed by atoms with Gasteiger partial charge in [0.1, 0.15) is 0 Å². The molecule has 0 radical (unpaired) electrons. The maximum Gasteiger partial charge on any atom is 0.0925 e. The molecule has 0 saturated carbocycles. The Morgan fingerprint density at radius 2 is 1.20 bits per heavy atom. The molecule has 2 unspecified atom stereocenters. The molecule has 0 aliphatic carbocycles. The van der Waals surface area contributed by atoms with Gasteiger partial charge in [0.05, 0.1) is 10.8 Å². The molecule has 0 bridgehead atoms. The first-order chi connectivity index (χ1) is 4.63. The average Bonchev–Trinajstić information content (AvgIpc) is 1.79. The first-order valence-electron chi connectivity index (χ1n) is 2.92. The zero-order chi connectivity index (χ0) is 7.98. The SMILES string of the molecule is CC(Cl)C#CC#CC(C)Cl. The van der Waals surface area contributed by atoms with Crippen LogP contribution in [0.4, 0.5) is 0 Å². The van der Waals surface area contributed by atoms with E-state index in [1.165, 1.54) is 0 Å². The Morgan fingerprint density at radius 3 is 1.40 bits per heavy atom. The molecule has 0 aliphatic heterocycles. The fraction of sp³-hybridized carbons (Fsp3) is 0.500. The molecule has 0 aromatic heterocycles. The zero-order valence-corrected chi connectivity index (χ0v) is 7.42. The molecule has 0 rings (SSSR count). The maximum absolute atomic E-state index is 5.52. The fourth-order valence-corrected chi connectivity index (χ4v) is 0.380. The van der Waals surface area contributed by atoms with Gasteiger partial charge in [-0.15, -0.1) is 23.2 Å². The molecule has 0 spiro atoms. The largest absolute Gasteiger partial charge is 0.109 e. The lowest BCUT2D eigenvalue weighted by Crippen LogP contribution is -1.82. The van der Waals surface area contributed by atoms with Gasteiger partial charge in [0, 0.05) is 0 Å². The van der Waals surface area contributed by atoms with Crippen molar-refractivity contribution < 1.29 is 0 Å². The van der Waals surface area contributed by atoms with Crippen LogP contribution < -0.4 is 0 Å². The third kappa shape index (κ3) is 7.70. The number of rotatable bonds is 0. The van der Waals surface area contributed by atoms with E-state index >= 15 is 0 Å². The Balaban J connectivity index is 3.78. The van der Waals surface area contributed by atoms with E-state index in [0.717, 1.165) is 0 Å². The van der Waals surface area contributed by atoms with Crippen molar-refractivity contribution in [2.24, 2.45) is 0 Å². The lowest BCUT2D eigenvalue weighted by Gasteiger charge is -1.81. The second-order valence-electron chi connectivity index (χ2n) is 1.77. The molecule has 0 heterocycles. The lowest BCUT2D eigenvalue weighted by atomic mass is 10.4. The van der Waals surface area contributed by atoms with Crippen LogP contribution in [0.5, 0.6) is 0 Å². The highest BCUT2D eigenvalue weighted by Gasteiger charge is 1.83. The van der Waals surface area contributed by atoms with E-state index < -0.39 is 0 Å². The van der Waals surface area contributed by atoms with E-state index in [-0.39, 0.29) is 10.8 Å². The van der Waals surface area contributed by atoms with Crippen LogP contribution in [-0.2, 0) is 0 Å². The highest BCUT2D eigenvalue weighted by molar-refractivity contribution is 6.22. The minimum atomic E-state index is -0.139. The Kier molecular flexibility index (Phi) is 5.32. The first-order valence-corrected chi connectivity index (χ1v) is 3.79. The molecule has 54 valence electrons. The molecular weight excluding hydrogens is 167 g/mol. The number of hydrogen-bond donors (Lipinski definition) is 0. The summed E-state index contributed by atoms with van der Waals surface area (Å²) in [7, 11) is 0. The van der Waals surface area contributed by atoms with Gasteiger partial charge in [-0.1, -0.05) is 11.8 Å². The molecular formula is C8H8Cl2. The van der Waals surface area contributed by atoms with Crippen molar-refractivity contribution in [2.45, 2.75) is 24.6 Å². The summed E-state index contributed by atoms with van der Waals surface area (Å²) in [6.45, 7) is 3.58. The van der Waals surface area contributed by atoms with Crippen molar-refractivity contribution in [3.63, 3.8) is 0 Å². The highest BCUT2D eigenvalue weighted by atomic mass is 35.5. The van der Waals surface area contributed by atoms with Gasteiger partial charge in [-0.25, -0.2) is 0 Å². The number of hydrogen-bond acceptors (Lipinski definition) is 0. The second-order valence-corrected chi connectivity index (χ2v) is 3.08. The summed E-state index contributed by atoms with van der Waals surface area (Å²) < 4.78 is 0. The normalized spacial score (nSPS) is 13.6. The Labute approximate surface area is 71.9 Å². The third-order valence-corrected chi connectivity index (χ3v) is 0.823. The average molecular weight is 175 g/mol. The molecule has 0 aromatic rings. The van der Waals surface area contributed by atoms with E-state index in [9.17, 15) is 0 Å². The molecule has 0 N–H and O–H groups in total. The van der Waals surface area contributed by atoms with Crippen molar-refractivity contribution in [3.05, 3.63) is 0 Å². The van der Waals surface area contributed by atoms with E-state index in [4.69, 9.17) is 23.2 Å². The predicted octanol–water partition coefficient (Wildman–Crippen LogP) is 2.25. The molecule has 0 aliphatic rings. The summed E-state index contributed by atoms with van der Waals surface area (Å²) in [5.74, 6) is 10.5. The van der Waals surface area contributed by atoms with Crippen molar-refractivity contribution in [3.8, 4) is 23.7 Å². The molecule has 0 saturated heterocycles. The van der Waals surface area contributed by atoms with Crippen LogP contribution in [0.1, 0.15) is 13.8 Å². The summed E-state index contributed by atoms with van der Waals surface area (Å²) in [6.07, 6.45) is 0. The van der Waals surface area contributed by atoms with Crippen LogP contribution >= 0.6 is 23.2 Å². The second kappa shape index (κ2) is 5.48. The smallest absolute Gasteiger partial charge is 0.0925 e. The molecule has 0 fully saturated rings.